The predicted molar refractivity (Wildman–Crippen MR) is 125 cm³/mol. The number of hydrogen-bond acceptors (Lipinski definition) is 3. The largest absolute Gasteiger partial charge is 0.305 e. The monoisotopic (exact) mass is 502 g/mol. The molecule has 5 rings (SSSR count). The fourth-order valence-electron chi connectivity index (χ4n) is 3.48. The van der Waals surface area contributed by atoms with E-state index in [1.807, 2.05) is 0 Å². The molecule has 0 radical (unpaired) electrons. The summed E-state index contributed by atoms with van der Waals surface area (Å²) < 4.78 is 30.1. The van der Waals surface area contributed by atoms with Crippen LogP contribution in [0.3, 0.4) is 0 Å². The van der Waals surface area contributed by atoms with E-state index in [4.69, 9.17) is 34.8 Å². The quantitative estimate of drug-likeness (QED) is 0.299. The first-order valence-electron chi connectivity index (χ1n) is 9.51. The fraction of sp³-hybridized carbons (Fsp3) is 0. The molecule has 3 aromatic carbocycles. The highest BCUT2D eigenvalue weighted by molar-refractivity contribution is 6.36. The second-order valence-corrected chi connectivity index (χ2v) is 8.36. The number of hydrogen-bond donors (Lipinski definition) is 1. The lowest BCUT2D eigenvalue weighted by molar-refractivity contribution is 0.594. The van der Waals surface area contributed by atoms with Gasteiger partial charge < -0.3 is 4.98 Å². The first kappa shape index (κ1) is 21.6. The minimum Gasteiger partial charge on any atom is -0.305 e. The van der Waals surface area contributed by atoms with Crippen molar-refractivity contribution in [1.82, 2.24) is 19.5 Å². The first-order valence-corrected chi connectivity index (χ1v) is 10.6. The van der Waals surface area contributed by atoms with Crippen molar-refractivity contribution >= 4 is 46.0 Å². The summed E-state index contributed by atoms with van der Waals surface area (Å²) in [6.07, 6.45) is 0. The molecule has 0 fully saturated rings. The number of imidazole rings is 1. The van der Waals surface area contributed by atoms with Crippen LogP contribution in [-0.4, -0.2) is 19.5 Å². The van der Waals surface area contributed by atoms with Crippen LogP contribution in [-0.2, 0) is 0 Å². The average molecular weight is 504 g/mol. The fourth-order valence-corrected chi connectivity index (χ4v) is 4.11. The third kappa shape index (κ3) is 3.88. The zero-order chi connectivity index (χ0) is 23.3. The molecule has 0 spiro atoms. The summed E-state index contributed by atoms with van der Waals surface area (Å²) >= 11 is 18.2. The van der Waals surface area contributed by atoms with Crippen molar-refractivity contribution in [2.24, 2.45) is 0 Å². The van der Waals surface area contributed by atoms with Crippen molar-refractivity contribution in [3.8, 4) is 28.5 Å². The minimum absolute atomic E-state index is 0.0216. The lowest BCUT2D eigenvalue weighted by Crippen LogP contribution is -2.14. The number of aromatic nitrogens is 4. The van der Waals surface area contributed by atoms with Crippen LogP contribution in [0.1, 0.15) is 0 Å². The third-order valence-electron chi connectivity index (χ3n) is 4.96. The maximum atomic E-state index is 14.8. The van der Waals surface area contributed by atoms with Crippen LogP contribution >= 0.6 is 34.8 Å². The number of rotatable bonds is 3. The van der Waals surface area contributed by atoms with Crippen LogP contribution in [0.2, 0.25) is 15.1 Å². The van der Waals surface area contributed by atoms with Crippen LogP contribution in [0, 0.1) is 11.6 Å². The lowest BCUT2D eigenvalue weighted by Gasteiger charge is -2.10. The summed E-state index contributed by atoms with van der Waals surface area (Å²) in [5, 5.41) is 1.18. The van der Waals surface area contributed by atoms with Gasteiger partial charge in [0.1, 0.15) is 23.3 Å². The van der Waals surface area contributed by atoms with E-state index in [1.165, 1.54) is 10.6 Å². The lowest BCUT2D eigenvalue weighted by atomic mass is 10.2. The third-order valence-corrected chi connectivity index (χ3v) is 5.76. The van der Waals surface area contributed by atoms with E-state index in [0.29, 0.717) is 21.2 Å². The molecule has 0 saturated carbocycles. The van der Waals surface area contributed by atoms with Crippen LogP contribution in [0.5, 0.6) is 0 Å². The van der Waals surface area contributed by atoms with Gasteiger partial charge in [-0.05, 0) is 54.6 Å². The van der Waals surface area contributed by atoms with Crippen LogP contribution < -0.4 is 5.56 Å². The Hall–Kier alpha value is -3.26. The van der Waals surface area contributed by atoms with E-state index in [-0.39, 0.29) is 33.5 Å². The number of fused-ring (bicyclic) bond motifs is 1. The Kier molecular flexibility index (Phi) is 5.40. The van der Waals surface area contributed by atoms with E-state index in [1.54, 1.807) is 36.4 Å². The Morgan fingerprint density at radius 3 is 2.30 bits per heavy atom. The zero-order valence-electron chi connectivity index (χ0n) is 16.4. The van der Waals surface area contributed by atoms with Crippen molar-refractivity contribution in [2.75, 3.05) is 0 Å². The normalized spacial score (nSPS) is 11.3. The van der Waals surface area contributed by atoms with Crippen molar-refractivity contribution < 1.29 is 8.78 Å². The summed E-state index contributed by atoms with van der Waals surface area (Å²) in [6, 6.07) is 14.2. The van der Waals surface area contributed by atoms with Crippen molar-refractivity contribution in [3.05, 3.63) is 97.7 Å². The van der Waals surface area contributed by atoms with Gasteiger partial charge in [0.15, 0.2) is 11.2 Å². The first-order chi connectivity index (χ1) is 15.8. The Morgan fingerprint density at radius 2 is 1.58 bits per heavy atom. The zero-order valence-corrected chi connectivity index (χ0v) is 18.7. The molecule has 164 valence electrons. The Bertz CT molecular complexity index is 1600. The second-order valence-electron chi connectivity index (χ2n) is 7.08. The topological polar surface area (TPSA) is 63.6 Å². The molecule has 33 heavy (non-hydrogen) atoms. The number of H-pyrrole nitrogens is 1. The Morgan fingerprint density at radius 1 is 0.848 bits per heavy atom. The highest BCUT2D eigenvalue weighted by Crippen LogP contribution is 2.31. The van der Waals surface area contributed by atoms with E-state index >= 15 is 0 Å². The van der Waals surface area contributed by atoms with Gasteiger partial charge in [-0.3, -0.25) is 9.36 Å². The Labute approximate surface area is 200 Å². The van der Waals surface area contributed by atoms with E-state index in [0.717, 1.165) is 18.2 Å². The van der Waals surface area contributed by atoms with Gasteiger partial charge in [0.25, 0.3) is 5.56 Å². The van der Waals surface area contributed by atoms with Crippen LogP contribution in [0.15, 0.2) is 65.5 Å². The van der Waals surface area contributed by atoms with Gasteiger partial charge in [0.05, 0.1) is 10.7 Å². The van der Waals surface area contributed by atoms with Gasteiger partial charge in [-0.2, -0.15) is 0 Å². The smallest absolute Gasteiger partial charge is 0.277 e. The number of benzene rings is 3. The summed E-state index contributed by atoms with van der Waals surface area (Å²) in [5.74, 6) is -1.08. The van der Waals surface area contributed by atoms with Crippen molar-refractivity contribution in [3.63, 3.8) is 0 Å². The molecule has 0 aliphatic heterocycles. The number of nitrogens with zero attached hydrogens (tertiary/aromatic N) is 3. The number of halogens is 5. The highest BCUT2D eigenvalue weighted by atomic mass is 35.5. The maximum absolute atomic E-state index is 14.8. The maximum Gasteiger partial charge on any atom is 0.277 e. The molecule has 0 saturated heterocycles. The molecule has 0 amide bonds. The second kappa shape index (κ2) is 8.26. The summed E-state index contributed by atoms with van der Waals surface area (Å²) in [7, 11) is 0. The molecule has 0 aliphatic carbocycles. The van der Waals surface area contributed by atoms with Gasteiger partial charge in [-0.15, -0.1) is 0 Å². The van der Waals surface area contributed by atoms with Crippen LogP contribution in [0.25, 0.3) is 39.6 Å². The molecule has 0 unspecified atom stereocenters. The molecule has 0 atom stereocenters. The SMILES string of the molecule is O=c1[nH]c(-c2ccc(Cl)cc2Cl)nc2nc(-c3ccc(Cl)cc3)n(-c3cc(F)ccc3F)c12. The predicted octanol–water partition coefficient (Wildman–Crippen LogP) is 6.68. The molecular formula is C23H11Cl3F2N4O. The molecule has 2 heterocycles. The molecular weight excluding hydrogens is 493 g/mol. The minimum atomic E-state index is -0.741. The standard InChI is InChI=1S/C23H11Cl3F2N4O/c24-12-3-1-11(2-4-12)22-30-21-19(32(22)18-10-14(27)6-8-17(18)28)23(33)31-20(29-21)15-7-5-13(25)9-16(15)26/h1-10H,(H,29,31,33). The van der Waals surface area contributed by atoms with Crippen LogP contribution in [0.4, 0.5) is 8.78 Å². The van der Waals surface area contributed by atoms with Gasteiger partial charge in [0.2, 0.25) is 0 Å². The molecule has 10 heteroatoms. The van der Waals surface area contributed by atoms with E-state index < -0.39 is 17.2 Å². The number of aromatic amines is 1. The molecule has 5 aromatic rings. The molecule has 0 bridgehead atoms. The Balaban J connectivity index is 1.85. The van der Waals surface area contributed by atoms with E-state index in [2.05, 4.69) is 15.0 Å². The van der Waals surface area contributed by atoms with Gasteiger partial charge >= 0.3 is 0 Å². The molecule has 0 aliphatic rings. The summed E-state index contributed by atoms with van der Waals surface area (Å²) in [4.78, 5) is 24.8. The van der Waals surface area contributed by atoms with Crippen molar-refractivity contribution in [2.45, 2.75) is 0 Å². The van der Waals surface area contributed by atoms with Gasteiger partial charge in [0, 0.05) is 27.2 Å². The molecule has 2 aromatic heterocycles. The molecule has 1 N–H and O–H groups in total. The number of nitrogens with one attached hydrogen (secondary N) is 1. The average Bonchev–Trinajstić information content (AvgIpc) is 3.16. The highest BCUT2D eigenvalue weighted by Gasteiger charge is 2.22. The van der Waals surface area contributed by atoms with E-state index in [9.17, 15) is 13.6 Å². The summed E-state index contributed by atoms with van der Waals surface area (Å²) in [6.45, 7) is 0. The summed E-state index contributed by atoms with van der Waals surface area (Å²) in [5.41, 5.74) is 0.113. The van der Waals surface area contributed by atoms with Gasteiger partial charge in [-0.25, -0.2) is 18.7 Å². The molecule has 5 nitrogen and oxygen atoms in total. The van der Waals surface area contributed by atoms with Crippen molar-refractivity contribution in [1.29, 1.82) is 0 Å². The van der Waals surface area contributed by atoms with Gasteiger partial charge in [-0.1, -0.05) is 34.8 Å².